The fourth-order valence-electron chi connectivity index (χ4n) is 6.96. The molecular formula is C45H27N3OS. The first-order chi connectivity index (χ1) is 24.8. The molecule has 4 nitrogen and oxygen atoms in total. The first kappa shape index (κ1) is 28.6. The average molecular weight is 658 g/mol. The lowest BCUT2D eigenvalue weighted by Gasteiger charge is -2.10. The lowest BCUT2D eigenvalue weighted by molar-refractivity contribution is 0.670. The van der Waals surface area contributed by atoms with Gasteiger partial charge in [-0.25, -0.2) is 15.0 Å². The van der Waals surface area contributed by atoms with Gasteiger partial charge in [-0.3, -0.25) is 0 Å². The Balaban J connectivity index is 1.08. The molecule has 0 atom stereocenters. The quantitative estimate of drug-likeness (QED) is 0.185. The summed E-state index contributed by atoms with van der Waals surface area (Å²) in [6.07, 6.45) is 0. The van der Waals surface area contributed by atoms with Crippen LogP contribution in [-0.4, -0.2) is 15.0 Å². The standard InChI is InChI=1S/C45H27N3OS/c1-3-12-28(13-4-1)43-46-44(29-14-5-2-6-15-29)48-45(47-43)32-17-9-16-30(26-32)31-24-25-37-40(27-31)50-39-23-11-19-34(41(37)39)36-21-10-20-35-33-18-7-8-22-38(33)49-42(35)36/h1-27H. The highest BCUT2D eigenvalue weighted by Gasteiger charge is 2.18. The minimum atomic E-state index is 0.645. The maximum absolute atomic E-state index is 6.45. The molecule has 3 heterocycles. The van der Waals surface area contributed by atoms with Crippen molar-refractivity contribution in [3.63, 3.8) is 0 Å². The molecule has 10 aromatic rings. The van der Waals surface area contributed by atoms with E-state index in [1.165, 1.54) is 25.7 Å². The number of benzene rings is 7. The van der Waals surface area contributed by atoms with E-state index < -0.39 is 0 Å². The third-order valence-electron chi connectivity index (χ3n) is 9.35. The Morgan fingerprint density at radius 3 is 1.74 bits per heavy atom. The fraction of sp³-hybridized carbons (Fsp3) is 0. The number of thiophene rings is 1. The molecule has 0 spiro atoms. The van der Waals surface area contributed by atoms with Gasteiger partial charge in [0, 0.05) is 53.2 Å². The Hall–Kier alpha value is -6.43. The molecule has 0 saturated heterocycles. The zero-order chi connectivity index (χ0) is 33.0. The second kappa shape index (κ2) is 11.6. The summed E-state index contributed by atoms with van der Waals surface area (Å²) in [5.41, 5.74) is 9.24. The number of nitrogens with zero attached hydrogens (tertiary/aromatic N) is 3. The van der Waals surface area contributed by atoms with Gasteiger partial charge in [0.05, 0.1) is 0 Å². The first-order valence-corrected chi connectivity index (χ1v) is 17.4. The van der Waals surface area contributed by atoms with Crippen LogP contribution < -0.4 is 0 Å². The molecule has 0 aliphatic rings. The van der Waals surface area contributed by atoms with E-state index in [2.05, 4.69) is 91.0 Å². The number of furan rings is 1. The van der Waals surface area contributed by atoms with E-state index >= 15 is 0 Å². The molecule has 0 N–H and O–H groups in total. The second-order valence-corrected chi connectivity index (χ2v) is 13.5. The molecule has 50 heavy (non-hydrogen) atoms. The minimum Gasteiger partial charge on any atom is -0.455 e. The van der Waals surface area contributed by atoms with Crippen molar-refractivity contribution < 1.29 is 4.42 Å². The van der Waals surface area contributed by atoms with Crippen molar-refractivity contribution in [3.05, 3.63) is 164 Å². The van der Waals surface area contributed by atoms with E-state index in [0.717, 1.165) is 55.3 Å². The van der Waals surface area contributed by atoms with E-state index in [-0.39, 0.29) is 0 Å². The topological polar surface area (TPSA) is 51.8 Å². The molecule has 5 heteroatoms. The molecule has 0 fully saturated rings. The zero-order valence-electron chi connectivity index (χ0n) is 26.7. The van der Waals surface area contributed by atoms with Crippen molar-refractivity contribution in [2.75, 3.05) is 0 Å². The van der Waals surface area contributed by atoms with E-state index in [4.69, 9.17) is 19.4 Å². The van der Waals surface area contributed by atoms with E-state index in [0.29, 0.717) is 17.5 Å². The largest absolute Gasteiger partial charge is 0.455 e. The van der Waals surface area contributed by atoms with Gasteiger partial charge in [0.2, 0.25) is 0 Å². The number of fused-ring (bicyclic) bond motifs is 6. The Kier molecular flexibility index (Phi) is 6.64. The average Bonchev–Trinajstić information content (AvgIpc) is 3.77. The van der Waals surface area contributed by atoms with Crippen LogP contribution in [-0.2, 0) is 0 Å². The van der Waals surface area contributed by atoms with Crippen molar-refractivity contribution in [3.8, 4) is 56.4 Å². The van der Waals surface area contributed by atoms with Gasteiger partial charge in [-0.05, 0) is 41.0 Å². The van der Waals surface area contributed by atoms with Crippen molar-refractivity contribution >= 4 is 53.4 Å². The Labute approximate surface area is 292 Å². The van der Waals surface area contributed by atoms with E-state index in [1.807, 2.05) is 84.1 Å². The highest BCUT2D eigenvalue weighted by molar-refractivity contribution is 7.26. The van der Waals surface area contributed by atoms with Crippen LogP contribution in [0, 0.1) is 0 Å². The van der Waals surface area contributed by atoms with E-state index in [9.17, 15) is 0 Å². The zero-order valence-corrected chi connectivity index (χ0v) is 27.6. The molecule has 0 radical (unpaired) electrons. The number of aromatic nitrogens is 3. The van der Waals surface area contributed by atoms with Gasteiger partial charge in [-0.1, -0.05) is 140 Å². The number of para-hydroxylation sites is 2. The second-order valence-electron chi connectivity index (χ2n) is 12.4. The SMILES string of the molecule is c1ccc(-c2nc(-c3ccccc3)nc(-c3cccc(-c4ccc5c(c4)sc4cccc(-c6cccc7c6oc6ccccc67)c45)c3)n2)cc1. The third-order valence-corrected chi connectivity index (χ3v) is 10.5. The highest BCUT2D eigenvalue weighted by atomic mass is 32.1. The predicted octanol–water partition coefficient (Wildman–Crippen LogP) is 12.5. The lowest BCUT2D eigenvalue weighted by atomic mass is 9.96. The summed E-state index contributed by atoms with van der Waals surface area (Å²) in [6, 6.07) is 56.8. The fourth-order valence-corrected chi connectivity index (χ4v) is 8.14. The van der Waals surface area contributed by atoms with Gasteiger partial charge in [0.1, 0.15) is 11.2 Å². The summed E-state index contributed by atoms with van der Waals surface area (Å²) in [5, 5.41) is 4.78. The Morgan fingerprint density at radius 2 is 0.960 bits per heavy atom. The van der Waals surface area contributed by atoms with Gasteiger partial charge in [-0.2, -0.15) is 0 Å². The van der Waals surface area contributed by atoms with Crippen LogP contribution in [0.3, 0.4) is 0 Å². The van der Waals surface area contributed by atoms with Gasteiger partial charge < -0.3 is 4.42 Å². The molecule has 0 aliphatic heterocycles. The normalized spacial score (nSPS) is 11.6. The molecule has 7 aromatic carbocycles. The van der Waals surface area contributed by atoms with Crippen LogP contribution in [0.4, 0.5) is 0 Å². The summed E-state index contributed by atoms with van der Waals surface area (Å²) in [5.74, 6) is 1.95. The van der Waals surface area contributed by atoms with Crippen LogP contribution >= 0.6 is 11.3 Å². The minimum absolute atomic E-state index is 0.645. The van der Waals surface area contributed by atoms with Gasteiger partial charge >= 0.3 is 0 Å². The monoisotopic (exact) mass is 657 g/mol. The maximum Gasteiger partial charge on any atom is 0.164 e. The highest BCUT2D eigenvalue weighted by Crippen LogP contribution is 2.44. The summed E-state index contributed by atoms with van der Waals surface area (Å²) < 4.78 is 8.95. The van der Waals surface area contributed by atoms with E-state index in [1.54, 1.807) is 0 Å². The number of rotatable bonds is 5. The summed E-state index contributed by atoms with van der Waals surface area (Å²) in [4.78, 5) is 14.8. The molecular weight excluding hydrogens is 631 g/mol. The van der Waals surface area contributed by atoms with Crippen LogP contribution in [0.1, 0.15) is 0 Å². The van der Waals surface area contributed by atoms with Crippen molar-refractivity contribution in [1.82, 2.24) is 15.0 Å². The Bertz CT molecular complexity index is 2820. The van der Waals surface area contributed by atoms with Crippen molar-refractivity contribution in [2.45, 2.75) is 0 Å². The molecule has 0 amide bonds. The molecule has 0 aliphatic carbocycles. The molecule has 0 bridgehead atoms. The lowest BCUT2D eigenvalue weighted by Crippen LogP contribution is -2.00. The number of hydrogen-bond donors (Lipinski definition) is 0. The summed E-state index contributed by atoms with van der Waals surface area (Å²) >= 11 is 1.83. The van der Waals surface area contributed by atoms with Gasteiger partial charge in [0.25, 0.3) is 0 Å². The molecule has 0 saturated carbocycles. The van der Waals surface area contributed by atoms with Gasteiger partial charge in [0.15, 0.2) is 17.5 Å². The summed E-state index contributed by atoms with van der Waals surface area (Å²) in [6.45, 7) is 0. The third kappa shape index (κ3) is 4.79. The van der Waals surface area contributed by atoms with Crippen LogP contribution in [0.5, 0.6) is 0 Å². The molecule has 10 rings (SSSR count). The molecule has 3 aromatic heterocycles. The van der Waals surface area contributed by atoms with Gasteiger partial charge in [-0.15, -0.1) is 11.3 Å². The maximum atomic E-state index is 6.45. The Morgan fingerprint density at radius 1 is 0.380 bits per heavy atom. The van der Waals surface area contributed by atoms with Crippen molar-refractivity contribution in [1.29, 1.82) is 0 Å². The first-order valence-electron chi connectivity index (χ1n) is 16.6. The predicted molar refractivity (Wildman–Crippen MR) is 207 cm³/mol. The van der Waals surface area contributed by atoms with Crippen LogP contribution in [0.2, 0.25) is 0 Å². The van der Waals surface area contributed by atoms with Crippen LogP contribution in [0.25, 0.3) is 98.5 Å². The van der Waals surface area contributed by atoms with Crippen LogP contribution in [0.15, 0.2) is 168 Å². The summed E-state index contributed by atoms with van der Waals surface area (Å²) in [7, 11) is 0. The number of hydrogen-bond acceptors (Lipinski definition) is 5. The molecule has 234 valence electrons. The van der Waals surface area contributed by atoms with Crippen molar-refractivity contribution in [2.24, 2.45) is 0 Å². The molecule has 0 unspecified atom stereocenters. The smallest absolute Gasteiger partial charge is 0.164 e.